The monoisotopic (exact) mass is 127 g/mol. The summed E-state index contributed by atoms with van der Waals surface area (Å²) in [5.74, 6) is 0. The van der Waals surface area contributed by atoms with Gasteiger partial charge in [0.1, 0.15) is 0 Å². The molecule has 0 atom stereocenters. The summed E-state index contributed by atoms with van der Waals surface area (Å²) in [5.41, 5.74) is 0. The molecular formula is C3H3FeS. The summed E-state index contributed by atoms with van der Waals surface area (Å²) in [6.45, 7) is 0. The summed E-state index contributed by atoms with van der Waals surface area (Å²) in [4.78, 5) is 1.65. The molecule has 0 aromatic rings. The third-order valence-electron chi connectivity index (χ3n) is 0.147. The van der Waals surface area contributed by atoms with Crippen LogP contribution >= 0.6 is 0 Å². The molecule has 0 spiro atoms. The van der Waals surface area contributed by atoms with Gasteiger partial charge in [0.25, 0.3) is 0 Å². The molecule has 0 nitrogen and oxygen atoms in total. The number of rotatable bonds is 1. The van der Waals surface area contributed by atoms with E-state index in [1.165, 1.54) is 5.41 Å². The number of hydrogen-bond acceptors (Lipinski definition) is 1. The zero-order chi connectivity index (χ0) is 4.12. The first-order valence-corrected chi connectivity index (χ1v) is 2.22. The van der Waals surface area contributed by atoms with Crippen molar-refractivity contribution in [2.45, 2.75) is 0 Å². The van der Waals surface area contributed by atoms with Gasteiger partial charge >= 0.3 is 44.6 Å². The van der Waals surface area contributed by atoms with E-state index < -0.39 is 0 Å². The van der Waals surface area contributed by atoms with E-state index in [1.54, 1.807) is 11.0 Å². The van der Waals surface area contributed by atoms with E-state index >= 15 is 0 Å². The van der Waals surface area contributed by atoms with Gasteiger partial charge in [0.2, 0.25) is 0 Å². The molecule has 0 bridgehead atoms. The molecule has 0 saturated carbocycles. The Balaban J connectivity index is 2.92. The van der Waals surface area contributed by atoms with Crippen molar-refractivity contribution >= 4 is 17.5 Å². The van der Waals surface area contributed by atoms with Crippen LogP contribution in [0, 0.1) is 0 Å². The summed E-state index contributed by atoms with van der Waals surface area (Å²) < 4.78 is 0. The maximum atomic E-state index is 4.40. The molecule has 5 heavy (non-hydrogen) atoms. The molecule has 0 fully saturated rings. The maximum absolute atomic E-state index is 4.40. The van der Waals surface area contributed by atoms with Gasteiger partial charge in [-0.15, -0.1) is 0 Å². The second-order valence-corrected chi connectivity index (χ2v) is 1.09. The average Bonchev–Trinajstić information content (AvgIpc) is 1.41. The van der Waals surface area contributed by atoms with Crippen LogP contribution in [-0.4, -0.2) is 4.92 Å². The van der Waals surface area contributed by atoms with Crippen molar-refractivity contribution in [3.8, 4) is 0 Å². The summed E-state index contributed by atoms with van der Waals surface area (Å²) in [5, 5.41) is 1.52. The zero-order valence-electron chi connectivity index (χ0n) is 2.49. The molecular weight excluding hydrogens is 124 g/mol. The Hall–Kier alpha value is 0.349. The van der Waals surface area contributed by atoms with E-state index in [0.717, 1.165) is 0 Å². The van der Waals surface area contributed by atoms with Gasteiger partial charge in [-0.25, -0.2) is 0 Å². The Labute approximate surface area is 45.0 Å². The van der Waals surface area contributed by atoms with Crippen molar-refractivity contribution in [2.75, 3.05) is 0 Å². The molecule has 0 aromatic heterocycles. The second-order valence-electron chi connectivity index (χ2n) is 0.446. The SMILES string of the molecule is [S-]/C=C\[CH]=[Fe+]. The first-order valence-electron chi connectivity index (χ1n) is 1.11. The first kappa shape index (κ1) is 5.35. The van der Waals surface area contributed by atoms with Gasteiger partial charge in [-0.1, -0.05) is 0 Å². The van der Waals surface area contributed by atoms with Crippen molar-refractivity contribution in [3.63, 3.8) is 0 Å². The zero-order valence-corrected chi connectivity index (χ0v) is 4.41. The molecule has 0 unspecified atom stereocenters. The van der Waals surface area contributed by atoms with Crippen LogP contribution in [0.2, 0.25) is 0 Å². The molecule has 0 aliphatic rings. The minimum atomic E-state index is 1.52. The van der Waals surface area contributed by atoms with Crippen LogP contribution in [0.15, 0.2) is 11.5 Å². The van der Waals surface area contributed by atoms with E-state index in [4.69, 9.17) is 0 Å². The van der Waals surface area contributed by atoms with Gasteiger partial charge < -0.3 is 0 Å². The summed E-state index contributed by atoms with van der Waals surface area (Å²) >= 11 is 7.80. The Morgan fingerprint density at radius 1 is 1.60 bits per heavy atom. The molecule has 2 heteroatoms. The average molecular weight is 127 g/mol. The fourth-order valence-electron chi connectivity index (χ4n) is 0.0278. The predicted molar refractivity (Wildman–Crippen MR) is 22.6 cm³/mol. The number of allylic oxidation sites excluding steroid dienone is 1. The van der Waals surface area contributed by atoms with E-state index in [9.17, 15) is 0 Å². The molecule has 29 valence electrons. The molecule has 0 radical (unpaired) electrons. The Bertz CT molecular complexity index is 48.9. The first-order chi connectivity index (χ1) is 2.41. The Morgan fingerprint density at radius 3 is 2.20 bits per heavy atom. The van der Waals surface area contributed by atoms with E-state index in [0.29, 0.717) is 0 Å². The predicted octanol–water partition coefficient (Wildman–Crippen LogP) is 0.396. The third kappa shape index (κ3) is 4.35. The van der Waals surface area contributed by atoms with E-state index in [-0.39, 0.29) is 0 Å². The molecule has 0 aliphatic carbocycles. The van der Waals surface area contributed by atoms with Gasteiger partial charge in [-0.05, 0) is 0 Å². The van der Waals surface area contributed by atoms with Crippen LogP contribution in [0.3, 0.4) is 0 Å². The minimum absolute atomic E-state index is 1.52. The summed E-state index contributed by atoms with van der Waals surface area (Å²) in [6.07, 6.45) is 1.70. The molecule has 0 saturated heterocycles. The van der Waals surface area contributed by atoms with Crippen molar-refractivity contribution in [2.24, 2.45) is 0 Å². The van der Waals surface area contributed by atoms with Crippen LogP contribution in [0.5, 0.6) is 0 Å². The van der Waals surface area contributed by atoms with Gasteiger partial charge in [-0.3, -0.25) is 0 Å². The topological polar surface area (TPSA) is 0 Å². The van der Waals surface area contributed by atoms with E-state index in [1.807, 2.05) is 0 Å². The molecule has 0 aromatic carbocycles. The second kappa shape index (κ2) is 4.35. The van der Waals surface area contributed by atoms with Crippen molar-refractivity contribution < 1.29 is 15.6 Å². The molecule has 0 aliphatic heterocycles. The van der Waals surface area contributed by atoms with Crippen LogP contribution < -0.4 is 0 Å². The quantitative estimate of drug-likeness (QED) is 0.362. The third-order valence-corrected chi connectivity index (χ3v) is 0.516. The van der Waals surface area contributed by atoms with E-state index in [2.05, 4.69) is 28.2 Å². The normalized spacial score (nSPS) is 8.80. The van der Waals surface area contributed by atoms with Crippen LogP contribution in [0.4, 0.5) is 0 Å². The summed E-state index contributed by atoms with van der Waals surface area (Å²) in [7, 11) is 0. The number of hydrogen-bond donors (Lipinski definition) is 0. The van der Waals surface area contributed by atoms with Gasteiger partial charge in [0, 0.05) is 0 Å². The summed E-state index contributed by atoms with van der Waals surface area (Å²) in [6, 6.07) is 0. The fourth-order valence-corrected chi connectivity index (χ4v) is 0.344. The fraction of sp³-hybridized carbons (Fsp3) is 0. The Kier molecular flexibility index (Phi) is 4.65. The van der Waals surface area contributed by atoms with Gasteiger partial charge in [-0.2, -0.15) is 0 Å². The molecule has 0 amide bonds. The van der Waals surface area contributed by atoms with Gasteiger partial charge in [0.05, 0.1) is 0 Å². The van der Waals surface area contributed by atoms with Crippen molar-refractivity contribution in [3.05, 3.63) is 11.5 Å². The van der Waals surface area contributed by atoms with Crippen LogP contribution in [-0.2, 0) is 28.2 Å². The standard InChI is InChI=1S/C3H4S.Fe/c1-2-3-4;/h1-4H;/q;+1/p-1/b3-2-;. The molecule has 0 heterocycles. The molecule has 0 N–H and O–H groups in total. The van der Waals surface area contributed by atoms with Crippen molar-refractivity contribution in [1.29, 1.82) is 0 Å². The van der Waals surface area contributed by atoms with Crippen LogP contribution in [0.25, 0.3) is 0 Å². The molecule has 0 rings (SSSR count). The van der Waals surface area contributed by atoms with Gasteiger partial charge in [0.15, 0.2) is 0 Å². The van der Waals surface area contributed by atoms with Crippen LogP contribution in [0.1, 0.15) is 0 Å². The Morgan fingerprint density at radius 2 is 2.20 bits per heavy atom. The van der Waals surface area contributed by atoms with Crippen molar-refractivity contribution in [1.82, 2.24) is 0 Å².